The monoisotopic (exact) mass is 393 g/mol. The molecule has 0 fully saturated rings. The van der Waals surface area contributed by atoms with Crippen molar-refractivity contribution < 1.29 is 4.79 Å². The molecular weight excluding hydrogens is 342 g/mol. The Kier molecular flexibility index (Phi) is 21.9. The molecule has 0 radical (unpaired) electrons. The van der Waals surface area contributed by atoms with Crippen LogP contribution in [0.15, 0.2) is 12.7 Å². The van der Waals surface area contributed by atoms with Gasteiger partial charge in [-0.2, -0.15) is 0 Å². The van der Waals surface area contributed by atoms with Crippen molar-refractivity contribution in [3.63, 3.8) is 0 Å². The minimum absolute atomic E-state index is 0.0396. The maximum absolute atomic E-state index is 11.4. The quantitative estimate of drug-likeness (QED) is 0.133. The maximum atomic E-state index is 11.4. The first-order chi connectivity index (χ1) is 13.7. The summed E-state index contributed by atoms with van der Waals surface area (Å²) in [7, 11) is 1.86. The number of hydrogen-bond acceptors (Lipinski definition) is 1. The molecule has 0 atom stereocenters. The minimum atomic E-state index is 0.0396. The number of carbonyl (C=O) groups is 1. The molecule has 0 aromatic carbocycles. The van der Waals surface area contributed by atoms with Gasteiger partial charge in [0.25, 0.3) is 0 Å². The van der Waals surface area contributed by atoms with Crippen LogP contribution in [0.2, 0.25) is 0 Å². The van der Waals surface area contributed by atoms with Gasteiger partial charge in [-0.25, -0.2) is 0 Å². The molecule has 2 heteroatoms. The van der Waals surface area contributed by atoms with Gasteiger partial charge in [-0.05, 0) is 12.5 Å². The first kappa shape index (κ1) is 27.2. The van der Waals surface area contributed by atoms with Gasteiger partial charge in [0.15, 0.2) is 0 Å². The predicted molar refractivity (Wildman–Crippen MR) is 126 cm³/mol. The van der Waals surface area contributed by atoms with Crippen LogP contribution in [-0.4, -0.2) is 24.4 Å². The molecule has 0 heterocycles. The Hall–Kier alpha value is -0.790. The van der Waals surface area contributed by atoms with E-state index in [1.165, 1.54) is 128 Å². The third-order valence-corrected chi connectivity index (χ3v) is 5.90. The zero-order chi connectivity index (χ0) is 20.7. The Morgan fingerprint density at radius 3 is 1.18 bits per heavy atom. The molecule has 0 aromatic rings. The van der Waals surface area contributed by atoms with E-state index in [1.807, 2.05) is 7.05 Å². The summed E-state index contributed by atoms with van der Waals surface area (Å²) < 4.78 is 0. The highest BCUT2D eigenvalue weighted by Crippen LogP contribution is 2.14. The van der Waals surface area contributed by atoms with E-state index in [9.17, 15) is 4.79 Å². The van der Waals surface area contributed by atoms with Crippen molar-refractivity contribution in [2.45, 2.75) is 135 Å². The summed E-state index contributed by atoms with van der Waals surface area (Å²) in [5, 5.41) is 0. The van der Waals surface area contributed by atoms with Crippen molar-refractivity contribution in [1.82, 2.24) is 4.90 Å². The van der Waals surface area contributed by atoms with Crippen LogP contribution in [-0.2, 0) is 4.79 Å². The second-order valence-corrected chi connectivity index (χ2v) is 8.68. The van der Waals surface area contributed by atoms with Gasteiger partial charge in [-0.15, -0.1) is 0 Å². The van der Waals surface area contributed by atoms with Crippen molar-refractivity contribution in [3.05, 3.63) is 12.7 Å². The normalized spacial score (nSPS) is 10.9. The lowest BCUT2D eigenvalue weighted by Crippen LogP contribution is -2.25. The van der Waals surface area contributed by atoms with Gasteiger partial charge in [-0.1, -0.05) is 135 Å². The Labute approximate surface area is 177 Å². The number of likely N-dealkylation sites (N-methyl/N-ethyl adjacent to an activating group) is 1. The summed E-state index contributed by atoms with van der Waals surface area (Å²) in [4.78, 5) is 13.1. The number of unbranched alkanes of at least 4 members (excludes halogenated alkanes) is 19. The Morgan fingerprint density at radius 1 is 0.607 bits per heavy atom. The summed E-state index contributed by atoms with van der Waals surface area (Å²) in [5.41, 5.74) is 0. The van der Waals surface area contributed by atoms with Gasteiger partial charge in [-0.3, -0.25) is 4.79 Å². The predicted octanol–water partition coefficient (Wildman–Crippen LogP) is 8.45. The highest BCUT2D eigenvalue weighted by atomic mass is 16.2. The molecule has 1 amide bonds. The van der Waals surface area contributed by atoms with E-state index in [2.05, 4.69) is 13.5 Å². The summed E-state index contributed by atoms with van der Waals surface area (Å²) in [6.07, 6.45) is 29.5. The van der Waals surface area contributed by atoms with E-state index >= 15 is 0 Å². The Morgan fingerprint density at radius 2 is 0.893 bits per heavy atom. The zero-order valence-corrected chi connectivity index (χ0v) is 19.5. The number of nitrogens with zero attached hydrogens (tertiary/aromatic N) is 1. The third kappa shape index (κ3) is 20.0. The molecule has 0 aliphatic heterocycles. The molecule has 28 heavy (non-hydrogen) atoms. The molecule has 0 spiro atoms. The van der Waals surface area contributed by atoms with Gasteiger partial charge in [0.1, 0.15) is 0 Å². The third-order valence-electron chi connectivity index (χ3n) is 5.90. The van der Waals surface area contributed by atoms with Crippen molar-refractivity contribution in [2.24, 2.45) is 0 Å². The van der Waals surface area contributed by atoms with Crippen LogP contribution in [0.1, 0.15) is 135 Å². The molecule has 0 aromatic heterocycles. The lowest BCUT2D eigenvalue weighted by molar-refractivity contribution is -0.124. The van der Waals surface area contributed by atoms with Crippen LogP contribution in [0.5, 0.6) is 0 Å². The summed E-state index contributed by atoms with van der Waals surface area (Å²) in [6.45, 7) is 6.68. The fraction of sp³-hybridized carbons (Fsp3) is 0.885. The van der Waals surface area contributed by atoms with Gasteiger partial charge >= 0.3 is 0 Å². The van der Waals surface area contributed by atoms with E-state index in [4.69, 9.17) is 0 Å². The topological polar surface area (TPSA) is 20.3 Å². The lowest BCUT2D eigenvalue weighted by atomic mass is 10.0. The molecular formula is C26H51NO. The molecule has 0 saturated carbocycles. The fourth-order valence-electron chi connectivity index (χ4n) is 3.87. The maximum Gasteiger partial charge on any atom is 0.245 e. The largest absolute Gasteiger partial charge is 0.342 e. The molecule has 166 valence electrons. The van der Waals surface area contributed by atoms with E-state index in [0.717, 1.165) is 13.0 Å². The molecule has 0 aliphatic rings. The zero-order valence-electron chi connectivity index (χ0n) is 19.5. The van der Waals surface area contributed by atoms with Crippen LogP contribution >= 0.6 is 0 Å². The highest BCUT2D eigenvalue weighted by molar-refractivity contribution is 5.86. The number of carbonyl (C=O) groups excluding carboxylic acids is 1. The number of hydrogen-bond donors (Lipinski definition) is 0. The summed E-state index contributed by atoms with van der Waals surface area (Å²) in [5.74, 6) is 0.0396. The molecule has 0 saturated heterocycles. The van der Waals surface area contributed by atoms with E-state index < -0.39 is 0 Å². The lowest BCUT2D eigenvalue weighted by Gasteiger charge is -2.14. The van der Waals surface area contributed by atoms with Crippen LogP contribution < -0.4 is 0 Å². The first-order valence-electron chi connectivity index (χ1n) is 12.6. The van der Waals surface area contributed by atoms with Crippen LogP contribution in [0, 0.1) is 0 Å². The van der Waals surface area contributed by atoms with E-state index in [1.54, 1.807) is 4.90 Å². The van der Waals surface area contributed by atoms with E-state index in [0.29, 0.717) is 0 Å². The second-order valence-electron chi connectivity index (χ2n) is 8.68. The Balaban J connectivity index is 3.08. The highest BCUT2D eigenvalue weighted by Gasteiger charge is 2.02. The molecule has 0 unspecified atom stereocenters. The molecule has 0 aliphatic carbocycles. The second kappa shape index (κ2) is 22.5. The molecule has 0 rings (SSSR count). The smallest absolute Gasteiger partial charge is 0.245 e. The Bertz CT molecular complexity index is 339. The molecule has 0 N–H and O–H groups in total. The van der Waals surface area contributed by atoms with Crippen LogP contribution in [0.25, 0.3) is 0 Å². The fourth-order valence-corrected chi connectivity index (χ4v) is 3.87. The summed E-state index contributed by atoms with van der Waals surface area (Å²) in [6, 6.07) is 0. The number of amides is 1. The van der Waals surface area contributed by atoms with Gasteiger partial charge < -0.3 is 4.90 Å². The standard InChI is InChI=1S/C26H51NO/c1-4-6-7-8-9-10-11-12-13-14-15-16-17-18-19-20-21-22-23-24-25-27(3)26(28)5-2/h5H,2,4,6-25H2,1,3H3. The molecule has 2 nitrogen and oxygen atoms in total. The first-order valence-corrected chi connectivity index (χ1v) is 12.6. The van der Waals surface area contributed by atoms with Crippen LogP contribution in [0.3, 0.4) is 0 Å². The van der Waals surface area contributed by atoms with Crippen LogP contribution in [0.4, 0.5) is 0 Å². The van der Waals surface area contributed by atoms with Crippen molar-refractivity contribution in [3.8, 4) is 0 Å². The van der Waals surface area contributed by atoms with Gasteiger partial charge in [0.2, 0.25) is 5.91 Å². The average Bonchev–Trinajstić information content (AvgIpc) is 2.71. The van der Waals surface area contributed by atoms with Gasteiger partial charge in [0.05, 0.1) is 0 Å². The van der Waals surface area contributed by atoms with Gasteiger partial charge in [0, 0.05) is 13.6 Å². The molecule has 0 bridgehead atoms. The summed E-state index contributed by atoms with van der Waals surface area (Å²) >= 11 is 0. The average molecular weight is 394 g/mol. The number of rotatable bonds is 22. The minimum Gasteiger partial charge on any atom is -0.342 e. The SMILES string of the molecule is C=CC(=O)N(C)CCCCCCCCCCCCCCCCCCCCCC. The van der Waals surface area contributed by atoms with Crippen molar-refractivity contribution in [2.75, 3.05) is 13.6 Å². The van der Waals surface area contributed by atoms with E-state index in [-0.39, 0.29) is 5.91 Å². The van der Waals surface area contributed by atoms with Crippen molar-refractivity contribution in [1.29, 1.82) is 0 Å². The van der Waals surface area contributed by atoms with Crippen molar-refractivity contribution >= 4 is 5.91 Å².